The van der Waals surface area contributed by atoms with Crippen LogP contribution in [0.4, 0.5) is 0 Å². The lowest BCUT2D eigenvalue weighted by molar-refractivity contribution is -0.129. The minimum atomic E-state index is -1.20. The Kier molecular flexibility index (Phi) is 12.6. The lowest BCUT2D eigenvalue weighted by Gasteiger charge is -2.31. The molecule has 5 heterocycles. The first kappa shape index (κ1) is 43.0. The second kappa shape index (κ2) is 17.9. The predicted octanol–water partition coefficient (Wildman–Crippen LogP) is 3.14. The maximum atomic E-state index is 13.8. The van der Waals surface area contributed by atoms with Crippen LogP contribution in [0.3, 0.4) is 0 Å². The lowest BCUT2D eigenvalue weighted by atomic mass is 9.83. The van der Waals surface area contributed by atoms with Gasteiger partial charge in [0.25, 0.3) is 5.91 Å². The Bertz CT molecular complexity index is 2290. The van der Waals surface area contributed by atoms with Crippen molar-refractivity contribution < 1.29 is 28.7 Å². The molecule has 16 nitrogen and oxygen atoms in total. The number of benzene rings is 2. The summed E-state index contributed by atoms with van der Waals surface area (Å²) in [6.07, 6.45) is 3.11. The van der Waals surface area contributed by atoms with Gasteiger partial charge in [0.1, 0.15) is 28.4 Å². The monoisotopic (exact) mass is 832 g/mol. The standard InChI is InChI=1S/C45H56N10O6/c1-25(2)15-33(47)38-51-24-45(55-38,20-31-12-14-49-41(31)58)37(56)21-61-43(60)28-7-5-27(6-8-28)29-9-10-34-32(17-29)18-36(52-34)42(59)53-35(16-26(3)4)39-50-23-44(22-46,54-39)19-30-11-13-48-40(30)57/h5-10,17-18,25-26,30-31,33,35,52H,11-16,19-21,23-24,47H2,1-4H3,(H,48,57)(H,49,58)(H,50,54)(H,51,55)(H,53,59)/t30-,31-,33-,35-,44+,45-/m0/s1. The molecule has 0 bridgehead atoms. The molecule has 7 rings (SSSR count). The average molecular weight is 833 g/mol. The summed E-state index contributed by atoms with van der Waals surface area (Å²) >= 11 is 0. The molecule has 2 fully saturated rings. The Balaban J connectivity index is 0.977. The largest absolute Gasteiger partial charge is 0.454 e. The highest BCUT2D eigenvalue weighted by molar-refractivity contribution is 6.03. The second-order valence-corrected chi connectivity index (χ2v) is 17.8. The van der Waals surface area contributed by atoms with Crippen LogP contribution in [0.15, 0.2) is 58.5 Å². The van der Waals surface area contributed by atoms with E-state index in [1.165, 1.54) is 0 Å². The quantitative estimate of drug-likeness (QED) is 0.0980. The van der Waals surface area contributed by atoms with E-state index in [1.54, 1.807) is 30.3 Å². The van der Waals surface area contributed by atoms with Gasteiger partial charge in [-0.05, 0) is 91.8 Å². The Hall–Kier alpha value is -6.08. The molecule has 2 aromatic carbocycles. The number of nitrogens with one attached hydrogen (secondary N) is 6. The molecule has 3 aromatic rings. The van der Waals surface area contributed by atoms with Crippen LogP contribution in [0.25, 0.3) is 22.0 Å². The number of Topliss-reactive ketones (excluding diaryl/α,β-unsaturated/α-hetero) is 1. The Morgan fingerprint density at radius 1 is 0.869 bits per heavy atom. The van der Waals surface area contributed by atoms with Crippen LogP contribution >= 0.6 is 0 Å². The van der Waals surface area contributed by atoms with Gasteiger partial charge in [-0.15, -0.1) is 0 Å². The fraction of sp³-hybridized carbons (Fsp3) is 0.511. The zero-order valence-corrected chi connectivity index (χ0v) is 35.2. The summed E-state index contributed by atoms with van der Waals surface area (Å²) < 4.78 is 5.54. The molecule has 4 aliphatic heterocycles. The number of aromatic amines is 1. The molecule has 3 amide bonds. The van der Waals surface area contributed by atoms with Crippen molar-refractivity contribution in [2.75, 3.05) is 32.8 Å². The summed E-state index contributed by atoms with van der Waals surface area (Å²) in [5, 5.41) is 26.3. The number of ketones is 1. The number of hydrogen-bond acceptors (Lipinski definition) is 12. The minimum absolute atomic E-state index is 0.0473. The predicted molar refractivity (Wildman–Crippen MR) is 231 cm³/mol. The molecule has 0 saturated carbocycles. The maximum absolute atomic E-state index is 13.8. The highest BCUT2D eigenvalue weighted by atomic mass is 16.5. The van der Waals surface area contributed by atoms with Gasteiger partial charge in [0, 0.05) is 35.8 Å². The van der Waals surface area contributed by atoms with E-state index in [2.05, 4.69) is 75.3 Å². The van der Waals surface area contributed by atoms with Crippen LogP contribution in [0.1, 0.15) is 87.1 Å². The summed E-state index contributed by atoms with van der Waals surface area (Å²) in [4.78, 5) is 77.9. The van der Waals surface area contributed by atoms with E-state index in [4.69, 9.17) is 10.5 Å². The van der Waals surface area contributed by atoms with E-state index in [-0.39, 0.29) is 72.4 Å². The average Bonchev–Trinajstić information content (AvgIpc) is 4.09. The summed E-state index contributed by atoms with van der Waals surface area (Å²) in [6, 6.07) is 15.9. The van der Waals surface area contributed by atoms with E-state index < -0.39 is 29.7 Å². The number of H-pyrrole nitrogens is 1. The summed E-state index contributed by atoms with van der Waals surface area (Å²) in [5.41, 5.74) is 7.27. The molecular formula is C45H56N10O6. The lowest BCUT2D eigenvalue weighted by Crippen LogP contribution is -2.58. The SMILES string of the molecule is CC(C)C[C@H](NC(=O)c1cc2cc(-c3ccc(C(=O)OCC(=O)[C@]4(C[C@@H]5CCNC5=O)CN=C([C@@H](N)CC(C)C)N4)cc3)ccc2[nH]1)C1=NC[C@](C#N)(C[C@@H]2CCNC2=O)N1. The Morgan fingerprint density at radius 3 is 2.16 bits per heavy atom. The minimum Gasteiger partial charge on any atom is -0.454 e. The number of hydrogen-bond donors (Lipinski definition) is 7. The third kappa shape index (κ3) is 9.62. The molecule has 0 unspecified atom stereocenters. The van der Waals surface area contributed by atoms with Gasteiger partial charge >= 0.3 is 5.97 Å². The van der Waals surface area contributed by atoms with E-state index in [0.29, 0.717) is 68.5 Å². The smallest absolute Gasteiger partial charge is 0.338 e. The number of carbonyl (C=O) groups excluding carboxylic acids is 5. The van der Waals surface area contributed by atoms with Crippen molar-refractivity contribution in [1.82, 2.24) is 31.6 Å². The third-order valence-corrected chi connectivity index (χ3v) is 12.1. The number of esters is 1. The van der Waals surface area contributed by atoms with Gasteiger partial charge in [0.2, 0.25) is 11.8 Å². The van der Waals surface area contributed by atoms with Crippen LogP contribution in [-0.2, 0) is 19.1 Å². The molecule has 16 heteroatoms. The fourth-order valence-electron chi connectivity index (χ4n) is 8.78. The van der Waals surface area contributed by atoms with Gasteiger partial charge in [-0.3, -0.25) is 29.2 Å². The van der Waals surface area contributed by atoms with Crippen LogP contribution in [0.2, 0.25) is 0 Å². The number of carbonyl (C=O) groups is 5. The number of rotatable bonds is 17. The molecule has 8 N–H and O–H groups in total. The van der Waals surface area contributed by atoms with Crippen molar-refractivity contribution >= 4 is 52.0 Å². The number of ether oxygens (including phenoxy) is 1. The van der Waals surface area contributed by atoms with Gasteiger partial charge in [0.15, 0.2) is 12.4 Å². The van der Waals surface area contributed by atoms with Crippen molar-refractivity contribution in [2.24, 2.45) is 39.4 Å². The van der Waals surface area contributed by atoms with Gasteiger partial charge in [0.05, 0.1) is 36.8 Å². The molecule has 0 aliphatic carbocycles. The highest BCUT2D eigenvalue weighted by Gasteiger charge is 2.47. The first-order valence-corrected chi connectivity index (χ1v) is 21.3. The van der Waals surface area contributed by atoms with Crippen LogP contribution in [-0.4, -0.2) is 102 Å². The first-order chi connectivity index (χ1) is 29.2. The van der Waals surface area contributed by atoms with Gasteiger partial charge in [-0.1, -0.05) is 45.9 Å². The fourth-order valence-corrected chi connectivity index (χ4v) is 8.78. The number of nitrogens with two attached hydrogens (primary N) is 1. The number of amides is 3. The Labute approximate surface area is 355 Å². The molecule has 322 valence electrons. The summed E-state index contributed by atoms with van der Waals surface area (Å²) in [7, 11) is 0. The van der Waals surface area contributed by atoms with E-state index in [0.717, 1.165) is 22.0 Å². The van der Waals surface area contributed by atoms with Crippen LogP contribution in [0.5, 0.6) is 0 Å². The van der Waals surface area contributed by atoms with E-state index in [9.17, 15) is 29.2 Å². The Morgan fingerprint density at radius 2 is 1.52 bits per heavy atom. The molecule has 1 aromatic heterocycles. The number of nitrogens with zero attached hydrogens (tertiary/aromatic N) is 3. The molecule has 0 radical (unpaired) electrons. The molecule has 4 aliphatic rings. The number of amidine groups is 2. The van der Waals surface area contributed by atoms with Crippen molar-refractivity contribution in [3.63, 3.8) is 0 Å². The van der Waals surface area contributed by atoms with Crippen molar-refractivity contribution in [3.05, 3.63) is 59.8 Å². The summed E-state index contributed by atoms with van der Waals surface area (Å²) in [5.74, 6) is -0.524. The zero-order chi connectivity index (χ0) is 43.5. The molecule has 2 saturated heterocycles. The highest BCUT2D eigenvalue weighted by Crippen LogP contribution is 2.30. The van der Waals surface area contributed by atoms with Gasteiger partial charge in [-0.2, -0.15) is 5.26 Å². The molecule has 0 spiro atoms. The number of aliphatic imine (C=N–C) groups is 2. The zero-order valence-electron chi connectivity index (χ0n) is 35.2. The number of fused-ring (bicyclic) bond motifs is 1. The first-order valence-electron chi connectivity index (χ1n) is 21.3. The number of nitriles is 1. The van der Waals surface area contributed by atoms with E-state index in [1.807, 2.05) is 18.2 Å². The topological polar surface area (TPSA) is 245 Å². The van der Waals surface area contributed by atoms with Crippen molar-refractivity contribution in [2.45, 2.75) is 89.4 Å². The third-order valence-electron chi connectivity index (χ3n) is 12.1. The normalized spacial score (nSPS) is 24.4. The maximum Gasteiger partial charge on any atom is 0.338 e. The van der Waals surface area contributed by atoms with E-state index >= 15 is 0 Å². The molecular weight excluding hydrogens is 777 g/mol. The van der Waals surface area contributed by atoms with Crippen molar-refractivity contribution in [3.8, 4) is 17.2 Å². The van der Waals surface area contributed by atoms with Gasteiger partial charge in [-0.25, -0.2) is 4.79 Å². The second-order valence-electron chi connectivity index (χ2n) is 17.8. The number of aromatic nitrogens is 1. The molecule has 61 heavy (non-hydrogen) atoms. The summed E-state index contributed by atoms with van der Waals surface area (Å²) in [6.45, 7) is 9.19. The molecule has 6 atom stereocenters. The van der Waals surface area contributed by atoms with Crippen molar-refractivity contribution in [1.29, 1.82) is 5.26 Å². The van der Waals surface area contributed by atoms with Crippen LogP contribution in [0, 0.1) is 35.0 Å². The van der Waals surface area contributed by atoms with Crippen LogP contribution < -0.4 is 32.3 Å². The van der Waals surface area contributed by atoms with Gasteiger partial charge < -0.3 is 42.0 Å².